The molecule has 0 saturated heterocycles. The number of nitrogens with zero attached hydrogens (tertiary/aromatic N) is 3. The maximum atomic E-state index is 12.5. The molecule has 9 heteroatoms. The minimum absolute atomic E-state index is 0.0516. The van der Waals surface area contributed by atoms with Gasteiger partial charge < -0.3 is 4.90 Å². The molecule has 0 unspecified atom stereocenters. The number of hydrogen-bond donors (Lipinski definition) is 1. The number of carbonyl (C=O) groups excluding carboxylic acids is 1. The number of hydrogen-bond acceptors (Lipinski definition) is 5. The van der Waals surface area contributed by atoms with Crippen LogP contribution in [0.15, 0.2) is 34.0 Å². The summed E-state index contributed by atoms with van der Waals surface area (Å²) >= 11 is 0. The number of H-pyrrole nitrogens is 1. The number of rotatable bonds is 3. The van der Waals surface area contributed by atoms with E-state index in [1.165, 1.54) is 12.1 Å². The molecule has 2 heterocycles. The van der Waals surface area contributed by atoms with Gasteiger partial charge in [-0.25, -0.2) is 18.3 Å². The van der Waals surface area contributed by atoms with E-state index in [1.54, 1.807) is 21.6 Å². The molecule has 0 saturated carbocycles. The number of nitrogens with one attached hydrogen (secondary N) is 1. The summed E-state index contributed by atoms with van der Waals surface area (Å²) in [4.78, 5) is 26.0. The number of benzene rings is 1. The van der Waals surface area contributed by atoms with Crippen LogP contribution < -0.4 is 5.69 Å². The summed E-state index contributed by atoms with van der Waals surface area (Å²) in [5, 5.41) is 6.37. The Hall–Kier alpha value is -2.42. The Bertz CT molecular complexity index is 912. The smallest absolute Gasteiger partial charge is 0.340 e. The summed E-state index contributed by atoms with van der Waals surface area (Å²) in [6, 6.07) is 6.33. The second-order valence-corrected chi connectivity index (χ2v) is 7.84. The van der Waals surface area contributed by atoms with Gasteiger partial charge in [-0.3, -0.25) is 9.36 Å². The number of aromatic amines is 1. The van der Waals surface area contributed by atoms with Gasteiger partial charge in [-0.2, -0.15) is 5.10 Å². The predicted molar refractivity (Wildman–Crippen MR) is 86.4 cm³/mol. The van der Waals surface area contributed by atoms with E-state index < -0.39 is 9.84 Å². The SMILES string of the molecule is CS(=O)(=O)c1ccc(CC(=O)N2CCc3n[nH]c(=O)n3CC2)cc1. The largest absolute Gasteiger partial charge is 0.343 e. The van der Waals surface area contributed by atoms with Gasteiger partial charge in [-0.1, -0.05) is 12.1 Å². The zero-order valence-corrected chi connectivity index (χ0v) is 14.0. The van der Waals surface area contributed by atoms with Gasteiger partial charge in [0.15, 0.2) is 9.84 Å². The second-order valence-electron chi connectivity index (χ2n) is 5.82. The molecule has 128 valence electrons. The van der Waals surface area contributed by atoms with Crippen LogP contribution in [-0.4, -0.2) is 53.3 Å². The van der Waals surface area contributed by atoms with Crippen molar-refractivity contribution in [1.82, 2.24) is 19.7 Å². The van der Waals surface area contributed by atoms with E-state index >= 15 is 0 Å². The third kappa shape index (κ3) is 3.40. The maximum Gasteiger partial charge on any atom is 0.343 e. The second kappa shape index (κ2) is 6.23. The van der Waals surface area contributed by atoms with E-state index in [4.69, 9.17) is 0 Å². The summed E-state index contributed by atoms with van der Waals surface area (Å²) in [7, 11) is -3.24. The molecule has 1 N–H and O–H groups in total. The lowest BCUT2D eigenvalue weighted by Crippen LogP contribution is -2.35. The van der Waals surface area contributed by atoms with Crippen molar-refractivity contribution in [2.75, 3.05) is 19.3 Å². The molecular formula is C15H18N4O4S. The van der Waals surface area contributed by atoms with Gasteiger partial charge in [-0.15, -0.1) is 0 Å². The molecule has 0 fully saturated rings. The van der Waals surface area contributed by atoms with E-state index in [9.17, 15) is 18.0 Å². The van der Waals surface area contributed by atoms with Gasteiger partial charge in [0, 0.05) is 32.3 Å². The molecule has 0 atom stereocenters. The fourth-order valence-electron chi connectivity index (χ4n) is 2.73. The fourth-order valence-corrected chi connectivity index (χ4v) is 3.36. The standard InChI is InChI=1S/C15H18N4O4S/c1-24(22,23)12-4-2-11(3-5-12)10-14(20)18-7-6-13-16-17-15(21)19(13)9-8-18/h2-5H,6-10H2,1H3,(H,17,21). The van der Waals surface area contributed by atoms with Crippen LogP contribution in [0.2, 0.25) is 0 Å². The van der Waals surface area contributed by atoms with Crippen LogP contribution in [0.5, 0.6) is 0 Å². The molecule has 0 spiro atoms. The molecular weight excluding hydrogens is 332 g/mol. The molecule has 1 amide bonds. The molecule has 0 aliphatic carbocycles. The molecule has 0 radical (unpaired) electrons. The first kappa shape index (κ1) is 16.4. The highest BCUT2D eigenvalue weighted by Gasteiger charge is 2.20. The highest BCUT2D eigenvalue weighted by molar-refractivity contribution is 7.90. The summed E-state index contributed by atoms with van der Waals surface area (Å²) < 4.78 is 24.5. The van der Waals surface area contributed by atoms with Crippen LogP contribution in [-0.2, 0) is 34.0 Å². The molecule has 1 aromatic carbocycles. The van der Waals surface area contributed by atoms with Gasteiger partial charge in [0.05, 0.1) is 11.3 Å². The molecule has 0 bridgehead atoms. The van der Waals surface area contributed by atoms with Crippen molar-refractivity contribution in [3.05, 3.63) is 46.1 Å². The van der Waals surface area contributed by atoms with Crippen molar-refractivity contribution in [3.8, 4) is 0 Å². The first-order chi connectivity index (χ1) is 11.3. The third-order valence-corrected chi connectivity index (χ3v) is 5.22. The molecule has 1 aliphatic rings. The Labute approximate surface area is 139 Å². The zero-order valence-electron chi connectivity index (χ0n) is 13.2. The molecule has 2 aromatic rings. The molecule has 1 aromatic heterocycles. The normalized spacial score (nSPS) is 15.0. The van der Waals surface area contributed by atoms with Crippen molar-refractivity contribution < 1.29 is 13.2 Å². The van der Waals surface area contributed by atoms with Crippen LogP contribution in [0, 0.1) is 0 Å². The minimum atomic E-state index is -3.24. The summed E-state index contributed by atoms with van der Waals surface area (Å²) in [6.45, 7) is 1.38. The van der Waals surface area contributed by atoms with Crippen molar-refractivity contribution in [2.24, 2.45) is 0 Å². The monoisotopic (exact) mass is 350 g/mol. The summed E-state index contributed by atoms with van der Waals surface area (Å²) in [5.41, 5.74) is 0.503. The Kier molecular flexibility index (Phi) is 4.27. The highest BCUT2D eigenvalue weighted by atomic mass is 32.2. The van der Waals surface area contributed by atoms with Crippen LogP contribution in [0.25, 0.3) is 0 Å². The van der Waals surface area contributed by atoms with Crippen molar-refractivity contribution >= 4 is 15.7 Å². The van der Waals surface area contributed by atoms with Crippen LogP contribution in [0.4, 0.5) is 0 Å². The topological polar surface area (TPSA) is 105 Å². The average molecular weight is 350 g/mol. The quantitative estimate of drug-likeness (QED) is 0.811. The fraction of sp³-hybridized carbons (Fsp3) is 0.400. The predicted octanol–water partition coefficient (Wildman–Crippen LogP) is -0.398. The van der Waals surface area contributed by atoms with Gasteiger partial charge in [0.25, 0.3) is 0 Å². The molecule has 8 nitrogen and oxygen atoms in total. The van der Waals surface area contributed by atoms with Crippen LogP contribution >= 0.6 is 0 Å². The van der Waals surface area contributed by atoms with Gasteiger partial charge in [-0.05, 0) is 17.7 Å². The zero-order chi connectivity index (χ0) is 17.3. The van der Waals surface area contributed by atoms with Crippen LogP contribution in [0.3, 0.4) is 0 Å². The summed E-state index contributed by atoms with van der Waals surface area (Å²) in [5.74, 6) is 0.608. The Morgan fingerprint density at radius 1 is 1.21 bits per heavy atom. The molecule has 1 aliphatic heterocycles. The van der Waals surface area contributed by atoms with E-state index in [0.29, 0.717) is 31.9 Å². The number of amides is 1. The molecule has 3 rings (SSSR count). The lowest BCUT2D eigenvalue weighted by atomic mass is 10.1. The van der Waals surface area contributed by atoms with Crippen molar-refractivity contribution in [2.45, 2.75) is 24.3 Å². The van der Waals surface area contributed by atoms with Crippen LogP contribution in [0.1, 0.15) is 11.4 Å². The van der Waals surface area contributed by atoms with E-state index in [1.807, 2.05) is 0 Å². The third-order valence-electron chi connectivity index (χ3n) is 4.10. The van der Waals surface area contributed by atoms with Gasteiger partial charge >= 0.3 is 5.69 Å². The first-order valence-corrected chi connectivity index (χ1v) is 9.44. The van der Waals surface area contributed by atoms with Gasteiger partial charge in [0.1, 0.15) is 5.82 Å². The molecule has 24 heavy (non-hydrogen) atoms. The van der Waals surface area contributed by atoms with E-state index in [0.717, 1.165) is 11.8 Å². The van der Waals surface area contributed by atoms with E-state index in [-0.39, 0.29) is 22.9 Å². The minimum Gasteiger partial charge on any atom is -0.340 e. The number of fused-ring (bicyclic) bond motifs is 1. The number of carbonyl (C=O) groups is 1. The Morgan fingerprint density at radius 3 is 2.58 bits per heavy atom. The first-order valence-electron chi connectivity index (χ1n) is 7.55. The van der Waals surface area contributed by atoms with Crippen molar-refractivity contribution in [1.29, 1.82) is 0 Å². The summed E-state index contributed by atoms with van der Waals surface area (Å²) in [6.07, 6.45) is 1.87. The lowest BCUT2D eigenvalue weighted by molar-refractivity contribution is -0.130. The Morgan fingerprint density at radius 2 is 1.92 bits per heavy atom. The average Bonchev–Trinajstić information content (AvgIpc) is 2.75. The lowest BCUT2D eigenvalue weighted by Gasteiger charge is -2.20. The highest BCUT2D eigenvalue weighted by Crippen LogP contribution is 2.12. The number of aromatic nitrogens is 3. The maximum absolute atomic E-state index is 12.5. The number of sulfone groups is 1. The van der Waals surface area contributed by atoms with Gasteiger partial charge in [0.2, 0.25) is 5.91 Å². The van der Waals surface area contributed by atoms with E-state index in [2.05, 4.69) is 10.2 Å². The Balaban J connectivity index is 1.66. The van der Waals surface area contributed by atoms with Crippen molar-refractivity contribution in [3.63, 3.8) is 0 Å².